The number of methoxy groups -OCH3 is 1. The molecule has 2 aromatic carbocycles. The molecule has 0 aliphatic rings. The van der Waals surface area contributed by atoms with E-state index in [1.165, 1.54) is 26.2 Å². The first kappa shape index (κ1) is 21.4. The average Bonchev–Trinajstić information content (AvgIpc) is 2.66. The summed E-state index contributed by atoms with van der Waals surface area (Å²) in [5, 5.41) is 24.2. The minimum absolute atomic E-state index is 0.0112. The maximum absolute atomic E-state index is 13.2. The lowest BCUT2D eigenvalue weighted by atomic mass is 10.0. The van der Waals surface area contributed by atoms with Gasteiger partial charge in [0.25, 0.3) is 5.69 Å². The fraction of sp³-hybridized carbons (Fsp3) is 0.222. The predicted octanol–water partition coefficient (Wildman–Crippen LogP) is 5.10. The summed E-state index contributed by atoms with van der Waals surface area (Å²) in [6.45, 7) is 1.50. The Bertz CT molecular complexity index is 1140. The number of fused-ring (bicyclic) bond motifs is 1. The van der Waals surface area contributed by atoms with Gasteiger partial charge >= 0.3 is 6.18 Å². The van der Waals surface area contributed by atoms with E-state index in [1.54, 1.807) is 0 Å². The molecule has 1 atom stereocenters. The van der Waals surface area contributed by atoms with Gasteiger partial charge in [0.2, 0.25) is 5.28 Å². The first-order valence-electron chi connectivity index (χ1n) is 8.37. The van der Waals surface area contributed by atoms with Gasteiger partial charge in [0.1, 0.15) is 5.82 Å². The van der Waals surface area contributed by atoms with Gasteiger partial charge in [-0.2, -0.15) is 13.2 Å². The number of aromatic nitrogens is 2. The van der Waals surface area contributed by atoms with Crippen molar-refractivity contribution in [3.8, 4) is 11.5 Å². The number of nitrogens with zero attached hydrogens (tertiary/aromatic N) is 3. The molecule has 0 saturated heterocycles. The molecule has 12 heteroatoms. The normalized spacial score (nSPS) is 12.6. The van der Waals surface area contributed by atoms with Crippen molar-refractivity contribution in [1.82, 2.24) is 9.97 Å². The van der Waals surface area contributed by atoms with Crippen molar-refractivity contribution in [2.45, 2.75) is 19.1 Å². The molecule has 1 heterocycles. The Morgan fingerprint density at radius 2 is 1.93 bits per heavy atom. The second-order valence-corrected chi connectivity index (χ2v) is 6.65. The summed E-state index contributed by atoms with van der Waals surface area (Å²) in [6, 6.07) is 4.23. The number of nitro benzene ring substituents is 1. The molecule has 0 unspecified atom stereocenters. The summed E-state index contributed by atoms with van der Waals surface area (Å²) in [6.07, 6.45) is -4.76. The molecule has 0 saturated carbocycles. The van der Waals surface area contributed by atoms with Gasteiger partial charge < -0.3 is 15.2 Å². The molecule has 158 valence electrons. The third kappa shape index (κ3) is 4.30. The highest BCUT2D eigenvalue weighted by Gasteiger charge is 2.33. The number of hydrogen-bond acceptors (Lipinski definition) is 7. The monoisotopic (exact) mass is 442 g/mol. The van der Waals surface area contributed by atoms with E-state index >= 15 is 0 Å². The van der Waals surface area contributed by atoms with Gasteiger partial charge in [-0.1, -0.05) is 0 Å². The summed E-state index contributed by atoms with van der Waals surface area (Å²) >= 11 is 5.94. The van der Waals surface area contributed by atoms with Crippen LogP contribution in [0.3, 0.4) is 0 Å². The van der Waals surface area contributed by atoms with Crippen LogP contribution in [0.4, 0.5) is 24.7 Å². The van der Waals surface area contributed by atoms with Gasteiger partial charge in [-0.05, 0) is 36.2 Å². The number of alkyl halides is 3. The highest BCUT2D eigenvalue weighted by Crippen LogP contribution is 2.37. The Kier molecular flexibility index (Phi) is 5.57. The molecular weight excluding hydrogens is 429 g/mol. The van der Waals surface area contributed by atoms with Gasteiger partial charge in [0.05, 0.1) is 29.2 Å². The molecule has 3 rings (SSSR count). The third-order valence-corrected chi connectivity index (χ3v) is 4.47. The molecule has 0 aliphatic carbocycles. The van der Waals surface area contributed by atoms with E-state index in [0.717, 1.165) is 12.1 Å². The van der Waals surface area contributed by atoms with E-state index in [-0.39, 0.29) is 28.2 Å². The summed E-state index contributed by atoms with van der Waals surface area (Å²) in [4.78, 5) is 18.2. The van der Waals surface area contributed by atoms with Gasteiger partial charge in [-0.25, -0.2) is 9.97 Å². The van der Waals surface area contributed by atoms with E-state index < -0.39 is 28.4 Å². The molecule has 0 radical (unpaired) electrons. The second-order valence-electron chi connectivity index (χ2n) is 6.32. The molecule has 30 heavy (non-hydrogen) atoms. The minimum atomic E-state index is -4.76. The van der Waals surface area contributed by atoms with Crippen molar-refractivity contribution in [3.05, 3.63) is 56.9 Å². The largest absolute Gasteiger partial charge is 0.504 e. The van der Waals surface area contributed by atoms with E-state index in [2.05, 4.69) is 15.3 Å². The quantitative estimate of drug-likeness (QED) is 0.321. The number of hydrogen-bond donors (Lipinski definition) is 2. The Morgan fingerprint density at radius 3 is 2.53 bits per heavy atom. The highest BCUT2D eigenvalue weighted by molar-refractivity contribution is 6.28. The molecule has 2 N–H and O–H groups in total. The van der Waals surface area contributed by atoms with Crippen molar-refractivity contribution in [2.75, 3.05) is 12.4 Å². The summed E-state index contributed by atoms with van der Waals surface area (Å²) in [5.74, 6) is 0.0571. The van der Waals surface area contributed by atoms with E-state index in [9.17, 15) is 28.4 Å². The smallest absolute Gasteiger partial charge is 0.416 e. The van der Waals surface area contributed by atoms with Crippen LogP contribution in [0.2, 0.25) is 5.28 Å². The summed E-state index contributed by atoms with van der Waals surface area (Å²) < 4.78 is 44.5. The average molecular weight is 443 g/mol. The number of phenolic OH excluding ortho intramolecular Hbond substituents is 1. The number of anilines is 1. The van der Waals surface area contributed by atoms with Crippen LogP contribution in [-0.2, 0) is 6.18 Å². The lowest BCUT2D eigenvalue weighted by Crippen LogP contribution is -2.12. The van der Waals surface area contributed by atoms with Gasteiger partial charge in [-0.15, -0.1) is 0 Å². The molecule has 0 fully saturated rings. The Hall–Kier alpha value is -3.34. The molecule has 0 bridgehead atoms. The number of phenols is 1. The first-order chi connectivity index (χ1) is 14.0. The van der Waals surface area contributed by atoms with Crippen LogP contribution in [0, 0.1) is 10.1 Å². The Balaban J connectivity index is 2.07. The number of halogens is 4. The van der Waals surface area contributed by atoms with Crippen molar-refractivity contribution < 1.29 is 27.9 Å². The molecule has 0 spiro atoms. The van der Waals surface area contributed by atoms with Crippen molar-refractivity contribution in [1.29, 1.82) is 0 Å². The first-order valence-corrected chi connectivity index (χ1v) is 8.74. The maximum Gasteiger partial charge on any atom is 0.416 e. The standard InChI is InChI=1S/C18H14ClF3N4O4/c1-8(9-3-10(18(20,21)22)5-11(4-9)26(28)29)23-16-12-6-14(27)15(30-2)7-13(12)24-17(19)25-16/h3-8,27H,1-2H3,(H,23,24,25)/t8-/m1/s1. The van der Waals surface area contributed by atoms with E-state index in [0.29, 0.717) is 17.0 Å². The molecular formula is C18H14ClF3N4O4. The lowest BCUT2D eigenvalue weighted by molar-refractivity contribution is -0.385. The van der Waals surface area contributed by atoms with Crippen LogP contribution in [0.5, 0.6) is 11.5 Å². The number of non-ortho nitro benzene ring substituents is 1. The zero-order chi connectivity index (χ0) is 22.2. The molecule has 8 nitrogen and oxygen atoms in total. The SMILES string of the molecule is COc1cc2nc(Cl)nc(N[C@H](C)c3cc([N+](=O)[O-])cc(C(F)(F)F)c3)c2cc1O. The topological polar surface area (TPSA) is 110 Å². The van der Waals surface area contributed by atoms with Gasteiger partial charge in [0, 0.05) is 23.6 Å². The van der Waals surface area contributed by atoms with Gasteiger partial charge in [0.15, 0.2) is 11.5 Å². The summed E-state index contributed by atoms with van der Waals surface area (Å²) in [5.41, 5.74) is -1.51. The van der Waals surface area contributed by atoms with Crippen LogP contribution >= 0.6 is 11.6 Å². The van der Waals surface area contributed by atoms with Crippen molar-refractivity contribution >= 4 is 34.0 Å². The predicted molar refractivity (Wildman–Crippen MR) is 103 cm³/mol. The number of rotatable bonds is 5. The summed E-state index contributed by atoms with van der Waals surface area (Å²) in [7, 11) is 1.35. The van der Waals surface area contributed by atoms with Crippen LogP contribution in [0.1, 0.15) is 24.1 Å². The van der Waals surface area contributed by atoms with Crippen LogP contribution < -0.4 is 10.1 Å². The van der Waals surface area contributed by atoms with Gasteiger partial charge in [-0.3, -0.25) is 10.1 Å². The number of ether oxygens (including phenoxy) is 1. The minimum Gasteiger partial charge on any atom is -0.504 e. The molecule has 0 amide bonds. The molecule has 0 aliphatic heterocycles. The zero-order valence-corrected chi connectivity index (χ0v) is 16.2. The Labute approximate surface area is 172 Å². The van der Waals surface area contributed by atoms with E-state index in [4.69, 9.17) is 16.3 Å². The van der Waals surface area contributed by atoms with E-state index in [1.807, 2.05) is 0 Å². The van der Waals surface area contributed by atoms with Crippen molar-refractivity contribution in [3.63, 3.8) is 0 Å². The number of nitro groups is 1. The van der Waals surface area contributed by atoms with Crippen LogP contribution in [-0.4, -0.2) is 27.1 Å². The zero-order valence-electron chi connectivity index (χ0n) is 15.5. The maximum atomic E-state index is 13.2. The highest BCUT2D eigenvalue weighted by atomic mass is 35.5. The lowest BCUT2D eigenvalue weighted by Gasteiger charge is -2.18. The van der Waals surface area contributed by atoms with Crippen LogP contribution in [0.25, 0.3) is 10.9 Å². The number of nitrogens with one attached hydrogen (secondary N) is 1. The van der Waals surface area contributed by atoms with Crippen molar-refractivity contribution in [2.24, 2.45) is 0 Å². The third-order valence-electron chi connectivity index (χ3n) is 4.30. The molecule has 1 aromatic heterocycles. The molecule has 3 aromatic rings. The number of aromatic hydroxyl groups is 1. The Morgan fingerprint density at radius 1 is 1.23 bits per heavy atom. The number of benzene rings is 2. The fourth-order valence-corrected chi connectivity index (χ4v) is 3.01. The second kappa shape index (κ2) is 7.82. The fourth-order valence-electron chi connectivity index (χ4n) is 2.83. The van der Waals surface area contributed by atoms with Crippen LogP contribution in [0.15, 0.2) is 30.3 Å².